The van der Waals surface area contributed by atoms with Gasteiger partial charge in [0.05, 0.1) is 44.7 Å². The second kappa shape index (κ2) is 14.5. The highest BCUT2D eigenvalue weighted by Gasteiger charge is 2.35. The highest BCUT2D eigenvalue weighted by molar-refractivity contribution is 6.04. The summed E-state index contributed by atoms with van der Waals surface area (Å²) in [5.74, 6) is 0.912. The number of rotatable bonds is 9. The number of fused-ring (bicyclic) bond motifs is 1. The van der Waals surface area contributed by atoms with Gasteiger partial charge in [0.25, 0.3) is 5.91 Å². The van der Waals surface area contributed by atoms with Crippen molar-refractivity contribution in [3.8, 4) is 17.2 Å². The second-order valence-electron chi connectivity index (χ2n) is 10.7. The average molecular weight is 606 g/mol. The quantitative estimate of drug-likeness (QED) is 0.276. The topological polar surface area (TPSA) is 142 Å². The van der Waals surface area contributed by atoms with E-state index in [2.05, 4.69) is 16.0 Å². The lowest BCUT2D eigenvalue weighted by Crippen LogP contribution is -2.50. The number of amides is 5. The number of likely N-dealkylation sites (N-methyl/N-ethyl adjacent to an activating group) is 1. The normalized spacial score (nSPS) is 16.8. The molecular weight excluding hydrogens is 566 g/mol. The van der Waals surface area contributed by atoms with E-state index in [0.717, 1.165) is 0 Å². The van der Waals surface area contributed by atoms with Crippen LogP contribution in [0.4, 0.5) is 26.7 Å². The Morgan fingerprint density at radius 2 is 1.57 bits per heavy atom. The first-order valence-electron chi connectivity index (χ1n) is 14.2. The zero-order valence-electron chi connectivity index (χ0n) is 25.5. The third kappa shape index (κ3) is 7.70. The lowest BCUT2D eigenvalue weighted by atomic mass is 9.99. The fraction of sp³-hybridized carbons (Fsp3) is 0.344. The summed E-state index contributed by atoms with van der Waals surface area (Å²) in [7, 11) is 4.78. The molecule has 4 N–H and O–H groups in total. The van der Waals surface area contributed by atoms with Crippen molar-refractivity contribution in [1.29, 1.82) is 0 Å². The highest BCUT2D eigenvalue weighted by Crippen LogP contribution is 2.35. The van der Waals surface area contributed by atoms with Crippen molar-refractivity contribution in [2.45, 2.75) is 26.0 Å². The van der Waals surface area contributed by atoms with Crippen molar-refractivity contribution in [3.63, 3.8) is 0 Å². The summed E-state index contributed by atoms with van der Waals surface area (Å²) in [5.41, 5.74) is 1.65. The Morgan fingerprint density at radius 3 is 2.14 bits per heavy atom. The molecule has 4 rings (SSSR count). The van der Waals surface area contributed by atoms with Gasteiger partial charge >= 0.3 is 12.1 Å². The summed E-state index contributed by atoms with van der Waals surface area (Å²) in [5, 5.41) is 18.4. The Kier molecular flexibility index (Phi) is 10.5. The van der Waals surface area contributed by atoms with Gasteiger partial charge in [-0.1, -0.05) is 13.0 Å². The number of aliphatic hydroxyl groups excluding tert-OH is 1. The maximum Gasteiger partial charge on any atom is 0.323 e. The van der Waals surface area contributed by atoms with Crippen LogP contribution in [0, 0.1) is 5.92 Å². The highest BCUT2D eigenvalue weighted by atomic mass is 16.5. The van der Waals surface area contributed by atoms with Crippen LogP contribution in [0.2, 0.25) is 0 Å². The second-order valence-corrected chi connectivity index (χ2v) is 10.7. The third-order valence-corrected chi connectivity index (χ3v) is 7.43. The van der Waals surface area contributed by atoms with Crippen LogP contribution in [-0.4, -0.2) is 86.0 Å². The van der Waals surface area contributed by atoms with Crippen LogP contribution in [0.3, 0.4) is 0 Å². The summed E-state index contributed by atoms with van der Waals surface area (Å²) in [6, 6.07) is 17.4. The zero-order valence-corrected chi connectivity index (χ0v) is 25.5. The molecule has 234 valence electrons. The molecule has 1 heterocycles. The predicted octanol–water partition coefficient (Wildman–Crippen LogP) is 4.73. The minimum Gasteiger partial charge on any atom is -0.497 e. The van der Waals surface area contributed by atoms with E-state index in [9.17, 15) is 19.5 Å². The maximum atomic E-state index is 13.7. The van der Waals surface area contributed by atoms with Crippen LogP contribution in [-0.2, 0) is 0 Å². The standard InChI is InChI=1S/C32H39N5O7/c1-20-17-37(21(2)19-38)30(39)26-7-6-8-27(35-31(40)33-22-9-13-24(42-4)14-10-22)29(26)44-28(20)18-36(3)32(41)34-23-11-15-25(43-5)16-12-23/h6-16,20-21,28,38H,17-19H2,1-5H3,(H,34,41)(H2,33,35,40)/t20-,21-,28+/m0/s1. The van der Waals surface area contributed by atoms with Gasteiger partial charge in [0.15, 0.2) is 5.75 Å². The van der Waals surface area contributed by atoms with Crippen LogP contribution in [0.1, 0.15) is 24.2 Å². The molecule has 3 atom stereocenters. The number of urea groups is 2. The molecule has 0 radical (unpaired) electrons. The number of nitrogens with one attached hydrogen (secondary N) is 3. The van der Waals surface area contributed by atoms with Gasteiger partial charge in [0, 0.05) is 30.9 Å². The van der Waals surface area contributed by atoms with E-state index in [0.29, 0.717) is 22.9 Å². The molecule has 0 aliphatic carbocycles. The van der Waals surface area contributed by atoms with Crippen LogP contribution in [0.25, 0.3) is 0 Å². The van der Waals surface area contributed by atoms with E-state index in [1.165, 1.54) is 4.90 Å². The van der Waals surface area contributed by atoms with Crippen molar-refractivity contribution in [2.75, 3.05) is 56.9 Å². The lowest BCUT2D eigenvalue weighted by molar-refractivity contribution is 0.0373. The first kappa shape index (κ1) is 32.0. The van der Waals surface area contributed by atoms with Gasteiger partial charge in [-0.15, -0.1) is 0 Å². The number of anilines is 3. The molecule has 12 heteroatoms. The monoisotopic (exact) mass is 605 g/mol. The van der Waals surface area contributed by atoms with Crippen molar-refractivity contribution >= 4 is 35.0 Å². The average Bonchev–Trinajstić information content (AvgIpc) is 3.03. The molecule has 3 aromatic carbocycles. The van der Waals surface area contributed by atoms with E-state index in [1.807, 2.05) is 6.92 Å². The molecule has 0 saturated heterocycles. The Hall–Kier alpha value is -4.97. The van der Waals surface area contributed by atoms with Crippen LogP contribution < -0.4 is 30.2 Å². The van der Waals surface area contributed by atoms with Crippen molar-refractivity contribution in [2.24, 2.45) is 5.92 Å². The van der Waals surface area contributed by atoms with E-state index >= 15 is 0 Å². The third-order valence-electron chi connectivity index (χ3n) is 7.43. The molecule has 0 fully saturated rings. The van der Waals surface area contributed by atoms with Crippen LogP contribution in [0.5, 0.6) is 17.2 Å². The number of hydrogen-bond acceptors (Lipinski definition) is 7. The SMILES string of the molecule is COc1ccc(NC(=O)Nc2cccc3c2O[C@H](CN(C)C(=O)Nc2ccc(OC)cc2)[C@@H](C)CN([C@@H](C)CO)C3=O)cc1. The minimum absolute atomic E-state index is 0.171. The zero-order chi connectivity index (χ0) is 31.8. The molecule has 44 heavy (non-hydrogen) atoms. The largest absolute Gasteiger partial charge is 0.497 e. The van der Waals surface area contributed by atoms with Gasteiger partial charge in [-0.25, -0.2) is 9.59 Å². The molecule has 0 aromatic heterocycles. The van der Waals surface area contributed by atoms with Gasteiger partial charge in [-0.2, -0.15) is 0 Å². The minimum atomic E-state index is -0.575. The predicted molar refractivity (Wildman–Crippen MR) is 168 cm³/mol. The molecular formula is C32H39N5O7. The molecule has 0 unspecified atom stereocenters. The Balaban J connectivity index is 1.59. The molecule has 1 aliphatic rings. The molecule has 12 nitrogen and oxygen atoms in total. The first-order valence-corrected chi connectivity index (χ1v) is 14.2. The van der Waals surface area contributed by atoms with Crippen molar-refractivity contribution in [3.05, 3.63) is 72.3 Å². The van der Waals surface area contributed by atoms with Gasteiger partial charge in [0.2, 0.25) is 0 Å². The van der Waals surface area contributed by atoms with Crippen molar-refractivity contribution in [1.82, 2.24) is 9.80 Å². The molecule has 0 bridgehead atoms. The van der Waals surface area contributed by atoms with Gasteiger partial charge in [-0.05, 0) is 67.6 Å². The Bertz CT molecular complexity index is 1450. The molecule has 1 aliphatic heterocycles. The molecule has 0 saturated carbocycles. The Morgan fingerprint density at radius 1 is 0.977 bits per heavy atom. The van der Waals surface area contributed by atoms with E-state index < -0.39 is 18.2 Å². The van der Waals surface area contributed by atoms with Crippen LogP contribution in [0.15, 0.2) is 66.7 Å². The number of methoxy groups -OCH3 is 2. The summed E-state index contributed by atoms with van der Waals surface area (Å²) < 4.78 is 16.8. The smallest absolute Gasteiger partial charge is 0.323 e. The lowest BCUT2D eigenvalue weighted by Gasteiger charge is -2.38. The number of para-hydroxylation sites is 1. The number of carbonyl (C=O) groups excluding carboxylic acids is 3. The van der Waals surface area contributed by atoms with Crippen molar-refractivity contribution < 1.29 is 33.7 Å². The summed E-state index contributed by atoms with van der Waals surface area (Å²) in [6.07, 6.45) is -0.575. The fourth-order valence-corrected chi connectivity index (χ4v) is 4.76. The fourth-order valence-electron chi connectivity index (χ4n) is 4.76. The Labute approximate surface area is 256 Å². The van der Waals surface area contributed by atoms with E-state index in [1.54, 1.807) is 99.8 Å². The van der Waals surface area contributed by atoms with Crippen LogP contribution >= 0.6 is 0 Å². The molecule has 5 amide bonds. The molecule has 0 spiro atoms. The summed E-state index contributed by atoms with van der Waals surface area (Å²) in [6.45, 7) is 3.91. The van der Waals surface area contributed by atoms with Gasteiger partial charge in [-0.3, -0.25) is 4.79 Å². The summed E-state index contributed by atoms with van der Waals surface area (Å²) >= 11 is 0. The maximum absolute atomic E-state index is 13.7. The van der Waals surface area contributed by atoms with E-state index in [4.69, 9.17) is 14.2 Å². The number of ether oxygens (including phenoxy) is 3. The number of nitrogens with zero attached hydrogens (tertiary/aromatic N) is 2. The van der Waals surface area contributed by atoms with Gasteiger partial charge < -0.3 is 45.1 Å². The van der Waals surface area contributed by atoms with E-state index in [-0.39, 0.29) is 54.6 Å². The van der Waals surface area contributed by atoms with Gasteiger partial charge in [0.1, 0.15) is 17.6 Å². The molecule has 3 aromatic rings. The number of aliphatic hydroxyl groups is 1. The number of benzene rings is 3. The summed E-state index contributed by atoms with van der Waals surface area (Å²) in [4.78, 5) is 42.9. The number of carbonyl (C=O) groups is 3. The number of hydrogen-bond donors (Lipinski definition) is 4. The first-order chi connectivity index (χ1) is 21.1.